The maximum atomic E-state index is 12.2. The number of carbonyl (C=O) groups is 2. The van der Waals surface area contributed by atoms with Crippen LogP contribution in [0.5, 0.6) is 0 Å². The molecule has 0 aromatic rings. The van der Waals surface area contributed by atoms with Crippen LogP contribution in [0.4, 0.5) is 0 Å². The minimum absolute atomic E-state index is 0.0449. The SMILES string of the molecule is C/C=C(/C(=O)OC)[C@H]1C(=O)C[C@H](C)[C@H]1[C@@H](C)OCCl. The normalized spacial score (nSPS) is 29.4. The third-order valence-electron chi connectivity index (χ3n) is 3.85. The number of Topliss-reactive ketones (excluding diaryl/α,β-unsaturated/α-hetero) is 1. The molecule has 4 atom stereocenters. The minimum atomic E-state index is -0.453. The van der Waals surface area contributed by atoms with E-state index in [2.05, 4.69) is 0 Å². The van der Waals surface area contributed by atoms with E-state index in [1.807, 2.05) is 13.8 Å². The summed E-state index contributed by atoms with van der Waals surface area (Å²) in [4.78, 5) is 24.0. The van der Waals surface area contributed by atoms with Crippen molar-refractivity contribution in [1.82, 2.24) is 0 Å². The van der Waals surface area contributed by atoms with Gasteiger partial charge < -0.3 is 9.47 Å². The number of hydrogen-bond acceptors (Lipinski definition) is 4. The number of halogens is 1. The van der Waals surface area contributed by atoms with E-state index in [0.717, 1.165) is 0 Å². The van der Waals surface area contributed by atoms with Gasteiger partial charge in [0, 0.05) is 17.9 Å². The van der Waals surface area contributed by atoms with Crippen LogP contribution >= 0.6 is 11.6 Å². The van der Waals surface area contributed by atoms with E-state index in [0.29, 0.717) is 12.0 Å². The van der Waals surface area contributed by atoms with Crippen molar-refractivity contribution >= 4 is 23.4 Å². The van der Waals surface area contributed by atoms with Crippen LogP contribution in [0.3, 0.4) is 0 Å². The average Bonchev–Trinajstić information content (AvgIpc) is 2.65. The molecule has 108 valence electrons. The molecular weight excluding hydrogens is 268 g/mol. The third-order valence-corrected chi connectivity index (χ3v) is 3.97. The summed E-state index contributed by atoms with van der Waals surface area (Å²) in [5.74, 6) is -0.711. The molecule has 0 unspecified atom stereocenters. The second-order valence-electron chi connectivity index (χ2n) is 4.92. The van der Waals surface area contributed by atoms with Gasteiger partial charge >= 0.3 is 5.97 Å². The predicted octanol–water partition coefficient (Wildman–Crippen LogP) is 2.55. The zero-order valence-corrected chi connectivity index (χ0v) is 12.6. The van der Waals surface area contributed by atoms with E-state index in [-0.39, 0.29) is 29.8 Å². The van der Waals surface area contributed by atoms with Crippen molar-refractivity contribution < 1.29 is 19.1 Å². The average molecular weight is 289 g/mol. The van der Waals surface area contributed by atoms with Gasteiger partial charge in [0.05, 0.1) is 19.1 Å². The van der Waals surface area contributed by atoms with Crippen molar-refractivity contribution in [3.63, 3.8) is 0 Å². The van der Waals surface area contributed by atoms with Gasteiger partial charge in [-0.1, -0.05) is 24.6 Å². The van der Waals surface area contributed by atoms with Crippen molar-refractivity contribution in [1.29, 1.82) is 0 Å². The molecule has 0 heterocycles. The Morgan fingerprint density at radius 2 is 2.21 bits per heavy atom. The molecule has 5 heteroatoms. The molecule has 19 heavy (non-hydrogen) atoms. The fraction of sp³-hybridized carbons (Fsp3) is 0.714. The van der Waals surface area contributed by atoms with Gasteiger partial charge in [0.15, 0.2) is 0 Å². The number of rotatable bonds is 5. The van der Waals surface area contributed by atoms with Gasteiger partial charge in [-0.2, -0.15) is 0 Å². The lowest BCUT2D eigenvalue weighted by Crippen LogP contribution is -2.33. The first-order valence-corrected chi connectivity index (χ1v) is 6.96. The number of hydrogen-bond donors (Lipinski definition) is 0. The van der Waals surface area contributed by atoms with E-state index in [1.165, 1.54) is 7.11 Å². The fourth-order valence-corrected chi connectivity index (χ4v) is 3.19. The molecule has 0 N–H and O–H groups in total. The molecule has 0 amide bonds. The molecule has 0 spiro atoms. The quantitative estimate of drug-likeness (QED) is 0.443. The Hall–Kier alpha value is -0.870. The monoisotopic (exact) mass is 288 g/mol. The molecule has 1 rings (SSSR count). The smallest absolute Gasteiger partial charge is 0.334 e. The standard InChI is InChI=1S/C14H21ClO4/c1-5-10(14(17)18-4)13-11(16)6-8(2)12(13)9(3)19-7-15/h5,8-9,12-13H,6-7H2,1-4H3/b10-5+/t8-,9+,12-,13-/m0/s1. The number of ether oxygens (including phenoxy) is 2. The number of esters is 1. The van der Waals surface area contributed by atoms with Crippen molar-refractivity contribution in [2.75, 3.05) is 13.2 Å². The summed E-state index contributed by atoms with van der Waals surface area (Å²) in [6.07, 6.45) is 1.94. The highest BCUT2D eigenvalue weighted by molar-refractivity contribution is 6.17. The van der Waals surface area contributed by atoms with Crippen LogP contribution in [-0.4, -0.2) is 31.0 Å². The van der Waals surface area contributed by atoms with Gasteiger partial charge in [0.25, 0.3) is 0 Å². The van der Waals surface area contributed by atoms with E-state index in [9.17, 15) is 9.59 Å². The second-order valence-corrected chi connectivity index (χ2v) is 5.14. The fourth-order valence-electron chi connectivity index (χ4n) is 2.99. The van der Waals surface area contributed by atoms with Crippen LogP contribution in [0.15, 0.2) is 11.6 Å². The molecular formula is C14H21ClO4. The lowest BCUT2D eigenvalue weighted by molar-refractivity contribution is -0.138. The summed E-state index contributed by atoms with van der Waals surface area (Å²) in [5, 5.41) is 0. The summed E-state index contributed by atoms with van der Waals surface area (Å²) in [7, 11) is 1.32. The summed E-state index contributed by atoms with van der Waals surface area (Å²) < 4.78 is 10.2. The Bertz CT molecular complexity index is 378. The minimum Gasteiger partial charge on any atom is -0.466 e. The van der Waals surface area contributed by atoms with Gasteiger partial charge in [-0.3, -0.25) is 4.79 Å². The molecule has 0 aliphatic heterocycles. The molecule has 0 saturated heterocycles. The van der Waals surface area contributed by atoms with E-state index in [1.54, 1.807) is 13.0 Å². The molecule has 4 nitrogen and oxygen atoms in total. The maximum absolute atomic E-state index is 12.2. The Morgan fingerprint density at radius 3 is 2.68 bits per heavy atom. The van der Waals surface area contributed by atoms with Gasteiger partial charge in [-0.15, -0.1) is 0 Å². The highest BCUT2D eigenvalue weighted by Gasteiger charge is 2.46. The van der Waals surface area contributed by atoms with Gasteiger partial charge in [-0.05, 0) is 19.8 Å². The maximum Gasteiger partial charge on any atom is 0.334 e. The molecule has 1 aliphatic carbocycles. The van der Waals surface area contributed by atoms with Crippen LogP contribution in [0.1, 0.15) is 27.2 Å². The first-order chi connectivity index (χ1) is 8.97. The second kappa shape index (κ2) is 7.06. The largest absolute Gasteiger partial charge is 0.466 e. The van der Waals surface area contributed by atoms with Crippen molar-refractivity contribution in [2.45, 2.75) is 33.3 Å². The summed E-state index contributed by atoms with van der Waals surface area (Å²) in [6, 6.07) is 0.0781. The Kier molecular flexibility index (Phi) is 6.01. The Labute approximate surface area is 119 Å². The van der Waals surface area contributed by atoms with Crippen LogP contribution in [0.2, 0.25) is 0 Å². The van der Waals surface area contributed by atoms with Crippen molar-refractivity contribution in [3.8, 4) is 0 Å². The number of alkyl halides is 1. The van der Waals surface area contributed by atoms with Gasteiger partial charge in [-0.25, -0.2) is 4.79 Å². The number of carbonyl (C=O) groups excluding carboxylic acids is 2. The number of methoxy groups -OCH3 is 1. The Balaban J connectivity index is 3.06. The van der Waals surface area contributed by atoms with Crippen LogP contribution < -0.4 is 0 Å². The van der Waals surface area contributed by atoms with E-state index >= 15 is 0 Å². The van der Waals surface area contributed by atoms with Gasteiger partial charge in [0.1, 0.15) is 11.8 Å². The predicted molar refractivity (Wildman–Crippen MR) is 72.8 cm³/mol. The summed E-state index contributed by atoms with van der Waals surface area (Å²) in [6.45, 7) is 5.63. The first-order valence-electron chi connectivity index (χ1n) is 6.42. The molecule has 1 fully saturated rings. The third kappa shape index (κ3) is 3.37. The molecule has 0 bridgehead atoms. The first kappa shape index (κ1) is 16.2. The van der Waals surface area contributed by atoms with E-state index < -0.39 is 11.9 Å². The Morgan fingerprint density at radius 1 is 1.58 bits per heavy atom. The highest BCUT2D eigenvalue weighted by Crippen LogP contribution is 2.41. The summed E-state index contributed by atoms with van der Waals surface area (Å²) >= 11 is 5.60. The summed E-state index contributed by atoms with van der Waals surface area (Å²) in [5.41, 5.74) is 0.423. The topological polar surface area (TPSA) is 52.6 Å². The zero-order chi connectivity index (χ0) is 14.6. The van der Waals surface area contributed by atoms with E-state index in [4.69, 9.17) is 21.1 Å². The molecule has 0 radical (unpaired) electrons. The molecule has 0 aromatic carbocycles. The number of ketones is 1. The van der Waals surface area contributed by atoms with Gasteiger partial charge in [0.2, 0.25) is 0 Å². The van der Waals surface area contributed by atoms with Crippen molar-refractivity contribution in [3.05, 3.63) is 11.6 Å². The molecule has 0 aromatic heterocycles. The lowest BCUT2D eigenvalue weighted by Gasteiger charge is -2.28. The van der Waals surface area contributed by atoms with Crippen LogP contribution in [0.25, 0.3) is 0 Å². The number of allylic oxidation sites excluding steroid dienone is 1. The zero-order valence-electron chi connectivity index (χ0n) is 11.8. The molecule has 1 saturated carbocycles. The molecule has 1 aliphatic rings. The van der Waals surface area contributed by atoms with Crippen LogP contribution in [-0.2, 0) is 19.1 Å². The highest BCUT2D eigenvalue weighted by atomic mass is 35.5. The lowest BCUT2D eigenvalue weighted by atomic mass is 9.81. The van der Waals surface area contributed by atoms with Crippen molar-refractivity contribution in [2.24, 2.45) is 17.8 Å². The van der Waals surface area contributed by atoms with Crippen LogP contribution in [0, 0.1) is 17.8 Å².